The zero-order valence-corrected chi connectivity index (χ0v) is 15.5. The third-order valence-electron chi connectivity index (χ3n) is 5.95. The van der Waals surface area contributed by atoms with E-state index in [9.17, 15) is 14.7 Å². The number of carboxylic acids is 1. The summed E-state index contributed by atoms with van der Waals surface area (Å²) in [4.78, 5) is 27.2. The number of carbonyl (C=O) groups is 2. The van der Waals surface area contributed by atoms with Crippen molar-refractivity contribution in [3.05, 3.63) is 35.9 Å². The Bertz CT molecular complexity index is 605. The first kappa shape index (κ1) is 18.9. The molecule has 142 valence electrons. The molecule has 5 heteroatoms. The van der Waals surface area contributed by atoms with Gasteiger partial charge in [0.05, 0.1) is 12.5 Å². The molecule has 0 bridgehead atoms. The maximum Gasteiger partial charge on any atom is 0.305 e. The van der Waals surface area contributed by atoms with Gasteiger partial charge in [0.15, 0.2) is 0 Å². The standard InChI is InChI=1S/C21H30N2O3/c24-19(25)16-18(17-10-4-1-5-11-17)22-20(26)21(12-6-2-7-13-21)23-14-8-3-9-15-23/h1,4-5,10-11,18H,2-3,6-9,12-16H2,(H,22,26)(H,24,25). The molecule has 5 nitrogen and oxygen atoms in total. The first-order chi connectivity index (χ1) is 12.6. The smallest absolute Gasteiger partial charge is 0.305 e. The number of carboxylic acid groups (broad SMARTS) is 1. The van der Waals surface area contributed by atoms with Crippen molar-refractivity contribution in [1.82, 2.24) is 10.2 Å². The molecule has 2 N–H and O–H groups in total. The van der Waals surface area contributed by atoms with E-state index in [0.717, 1.165) is 57.2 Å². The van der Waals surface area contributed by atoms with Gasteiger partial charge in [0.2, 0.25) is 5.91 Å². The van der Waals surface area contributed by atoms with Crippen LogP contribution in [0.3, 0.4) is 0 Å². The number of nitrogens with one attached hydrogen (secondary N) is 1. The van der Waals surface area contributed by atoms with Gasteiger partial charge in [-0.15, -0.1) is 0 Å². The summed E-state index contributed by atoms with van der Waals surface area (Å²) in [7, 11) is 0. The number of likely N-dealkylation sites (tertiary alicyclic amines) is 1. The zero-order chi connectivity index (χ0) is 18.4. The second-order valence-corrected chi connectivity index (χ2v) is 7.67. The summed E-state index contributed by atoms with van der Waals surface area (Å²) in [5.74, 6) is -0.871. The Kier molecular flexibility index (Phi) is 6.30. The maximum absolute atomic E-state index is 13.4. The van der Waals surface area contributed by atoms with Crippen LogP contribution in [0.15, 0.2) is 30.3 Å². The highest BCUT2D eigenvalue weighted by Crippen LogP contribution is 2.36. The van der Waals surface area contributed by atoms with Gasteiger partial charge in [-0.05, 0) is 44.3 Å². The molecular weight excluding hydrogens is 328 g/mol. The van der Waals surface area contributed by atoms with Gasteiger partial charge in [-0.3, -0.25) is 14.5 Å². The Morgan fingerprint density at radius 3 is 2.23 bits per heavy atom. The van der Waals surface area contributed by atoms with Gasteiger partial charge < -0.3 is 10.4 Å². The van der Waals surface area contributed by atoms with Crippen LogP contribution in [0.25, 0.3) is 0 Å². The second kappa shape index (κ2) is 8.67. The number of nitrogens with zero attached hydrogens (tertiary/aromatic N) is 1. The molecule has 1 atom stereocenters. The summed E-state index contributed by atoms with van der Waals surface area (Å²) < 4.78 is 0. The molecule has 26 heavy (non-hydrogen) atoms. The topological polar surface area (TPSA) is 69.6 Å². The molecule has 3 rings (SSSR count). The normalized spacial score (nSPS) is 21.7. The van der Waals surface area contributed by atoms with Gasteiger partial charge in [0.1, 0.15) is 5.54 Å². The van der Waals surface area contributed by atoms with Crippen LogP contribution in [0.5, 0.6) is 0 Å². The lowest BCUT2D eigenvalue weighted by molar-refractivity contribution is -0.140. The van der Waals surface area contributed by atoms with Crippen LogP contribution in [0.2, 0.25) is 0 Å². The molecule has 1 aliphatic heterocycles. The van der Waals surface area contributed by atoms with Crippen molar-refractivity contribution in [3.8, 4) is 0 Å². The first-order valence-electron chi connectivity index (χ1n) is 9.94. The fourth-order valence-electron chi connectivity index (χ4n) is 4.55. The van der Waals surface area contributed by atoms with E-state index >= 15 is 0 Å². The van der Waals surface area contributed by atoms with Crippen molar-refractivity contribution in [2.75, 3.05) is 13.1 Å². The number of hydrogen-bond acceptors (Lipinski definition) is 3. The fourth-order valence-corrected chi connectivity index (χ4v) is 4.55. The van der Waals surface area contributed by atoms with Crippen molar-refractivity contribution in [1.29, 1.82) is 0 Å². The predicted molar refractivity (Wildman–Crippen MR) is 101 cm³/mol. The molecule has 1 aromatic carbocycles. The monoisotopic (exact) mass is 358 g/mol. The predicted octanol–water partition coefficient (Wildman–Crippen LogP) is 3.51. The van der Waals surface area contributed by atoms with Crippen molar-refractivity contribution in [2.45, 2.75) is 69.4 Å². The fraction of sp³-hybridized carbons (Fsp3) is 0.619. The molecule has 2 fully saturated rings. The number of benzene rings is 1. The molecular formula is C21H30N2O3. The minimum absolute atomic E-state index is 0.0224. The van der Waals surface area contributed by atoms with Crippen LogP contribution in [0.4, 0.5) is 0 Å². The molecule has 1 saturated carbocycles. The minimum Gasteiger partial charge on any atom is -0.481 e. The summed E-state index contributed by atoms with van der Waals surface area (Å²) in [6, 6.07) is 8.98. The minimum atomic E-state index is -0.894. The molecule has 2 aliphatic rings. The summed E-state index contributed by atoms with van der Waals surface area (Å²) >= 11 is 0. The Morgan fingerprint density at radius 2 is 1.62 bits per heavy atom. The summed E-state index contributed by atoms with van der Waals surface area (Å²) in [6.07, 6.45) is 8.52. The van der Waals surface area contributed by atoms with E-state index in [1.807, 2.05) is 30.3 Å². The van der Waals surface area contributed by atoms with Crippen LogP contribution in [-0.2, 0) is 9.59 Å². The number of hydrogen-bond donors (Lipinski definition) is 2. The molecule has 1 saturated heterocycles. The van der Waals surface area contributed by atoms with E-state index in [1.165, 1.54) is 12.8 Å². The van der Waals surface area contributed by atoms with Crippen LogP contribution in [0, 0.1) is 0 Å². The van der Waals surface area contributed by atoms with Gasteiger partial charge >= 0.3 is 5.97 Å². The second-order valence-electron chi connectivity index (χ2n) is 7.67. The average molecular weight is 358 g/mol. The highest BCUT2D eigenvalue weighted by molar-refractivity contribution is 5.87. The summed E-state index contributed by atoms with van der Waals surface area (Å²) in [6.45, 7) is 1.95. The SMILES string of the molecule is O=C(O)CC(NC(=O)C1(N2CCCCC2)CCCCC1)c1ccccc1. The lowest BCUT2D eigenvalue weighted by Crippen LogP contribution is -2.61. The molecule has 0 radical (unpaired) electrons. The van der Waals surface area contributed by atoms with Gasteiger partial charge in [0, 0.05) is 0 Å². The highest BCUT2D eigenvalue weighted by Gasteiger charge is 2.45. The molecule has 1 unspecified atom stereocenters. The van der Waals surface area contributed by atoms with Gasteiger partial charge in [-0.1, -0.05) is 56.0 Å². The summed E-state index contributed by atoms with van der Waals surface area (Å²) in [5.41, 5.74) is 0.400. The lowest BCUT2D eigenvalue weighted by atomic mass is 9.78. The van der Waals surface area contributed by atoms with Crippen molar-refractivity contribution in [3.63, 3.8) is 0 Å². The Labute approximate surface area is 155 Å². The third-order valence-corrected chi connectivity index (χ3v) is 5.95. The van der Waals surface area contributed by atoms with E-state index in [1.54, 1.807) is 0 Å². The molecule has 0 spiro atoms. The maximum atomic E-state index is 13.4. The Morgan fingerprint density at radius 1 is 1.00 bits per heavy atom. The zero-order valence-electron chi connectivity index (χ0n) is 15.5. The number of piperidine rings is 1. The molecule has 1 aromatic rings. The average Bonchev–Trinajstić information content (AvgIpc) is 2.69. The number of carbonyl (C=O) groups excluding carboxylic acids is 1. The third kappa shape index (κ3) is 4.26. The van der Waals surface area contributed by atoms with E-state index in [4.69, 9.17) is 0 Å². The lowest BCUT2D eigenvalue weighted by Gasteiger charge is -2.47. The van der Waals surface area contributed by atoms with Crippen molar-refractivity contribution < 1.29 is 14.7 Å². The van der Waals surface area contributed by atoms with Crippen LogP contribution < -0.4 is 5.32 Å². The number of aliphatic carboxylic acids is 1. The van der Waals surface area contributed by atoms with Crippen molar-refractivity contribution in [2.24, 2.45) is 0 Å². The van der Waals surface area contributed by atoms with Crippen LogP contribution >= 0.6 is 0 Å². The highest BCUT2D eigenvalue weighted by atomic mass is 16.4. The Balaban J connectivity index is 1.81. The molecule has 1 heterocycles. The van der Waals surface area contributed by atoms with Gasteiger partial charge in [-0.25, -0.2) is 0 Å². The largest absolute Gasteiger partial charge is 0.481 e. The first-order valence-corrected chi connectivity index (χ1v) is 9.94. The van der Waals surface area contributed by atoms with E-state index < -0.39 is 17.6 Å². The quantitative estimate of drug-likeness (QED) is 0.816. The summed E-state index contributed by atoms with van der Waals surface area (Å²) in [5, 5.41) is 12.4. The van der Waals surface area contributed by atoms with E-state index in [0.29, 0.717) is 0 Å². The van der Waals surface area contributed by atoms with E-state index in [2.05, 4.69) is 10.2 Å². The van der Waals surface area contributed by atoms with Crippen LogP contribution in [-0.4, -0.2) is 40.5 Å². The number of rotatable bonds is 6. The van der Waals surface area contributed by atoms with Gasteiger partial charge in [-0.2, -0.15) is 0 Å². The van der Waals surface area contributed by atoms with Crippen molar-refractivity contribution >= 4 is 11.9 Å². The molecule has 0 aromatic heterocycles. The number of amides is 1. The van der Waals surface area contributed by atoms with Gasteiger partial charge in [0.25, 0.3) is 0 Å². The molecule has 1 amide bonds. The van der Waals surface area contributed by atoms with E-state index in [-0.39, 0.29) is 12.3 Å². The Hall–Kier alpha value is -1.88. The van der Waals surface area contributed by atoms with Crippen LogP contribution in [0.1, 0.15) is 69.4 Å². The molecule has 1 aliphatic carbocycles.